The summed E-state index contributed by atoms with van der Waals surface area (Å²) < 4.78 is 30.4. The number of carbonyl (C=O) groups is 2. The Labute approximate surface area is 178 Å². The Morgan fingerprint density at radius 1 is 1.00 bits per heavy atom. The summed E-state index contributed by atoms with van der Waals surface area (Å²) in [6.45, 7) is 2.86. The molecule has 3 fully saturated rings. The summed E-state index contributed by atoms with van der Waals surface area (Å²) in [5.41, 5.74) is 1.12. The number of morpholine rings is 1. The van der Waals surface area contributed by atoms with Crippen molar-refractivity contribution in [3.8, 4) is 0 Å². The fourth-order valence-electron chi connectivity index (χ4n) is 5.16. The standard InChI is InChI=1S/C22H30N2O5S/c25-20(7-6-18-4-2-1-3-5-18)23-11-9-22(10-12-23)19(8-17-30(22,27)28)21(26)24-13-15-29-16-14-24/h1-5,19H,6-17H2. The quantitative estimate of drug-likeness (QED) is 0.713. The number of sulfone groups is 1. The van der Waals surface area contributed by atoms with Crippen molar-refractivity contribution in [1.82, 2.24) is 9.80 Å². The van der Waals surface area contributed by atoms with Crippen LogP contribution in [-0.2, 0) is 30.6 Å². The zero-order chi connectivity index (χ0) is 21.2. The predicted molar refractivity (Wildman–Crippen MR) is 113 cm³/mol. The molecular weight excluding hydrogens is 404 g/mol. The molecule has 4 rings (SSSR count). The zero-order valence-electron chi connectivity index (χ0n) is 17.3. The maximum Gasteiger partial charge on any atom is 0.227 e. The van der Waals surface area contributed by atoms with Crippen molar-refractivity contribution in [3.05, 3.63) is 35.9 Å². The van der Waals surface area contributed by atoms with Gasteiger partial charge in [-0.25, -0.2) is 8.42 Å². The molecule has 0 bridgehead atoms. The largest absolute Gasteiger partial charge is 0.378 e. The highest BCUT2D eigenvalue weighted by atomic mass is 32.2. The van der Waals surface area contributed by atoms with Gasteiger partial charge in [0.2, 0.25) is 11.8 Å². The molecule has 0 N–H and O–H groups in total. The number of hydrogen-bond acceptors (Lipinski definition) is 5. The van der Waals surface area contributed by atoms with Gasteiger partial charge in [0.15, 0.2) is 9.84 Å². The lowest BCUT2D eigenvalue weighted by Crippen LogP contribution is -2.56. The predicted octanol–water partition coefficient (Wildman–Crippen LogP) is 1.27. The van der Waals surface area contributed by atoms with E-state index in [9.17, 15) is 18.0 Å². The second-order valence-electron chi connectivity index (χ2n) is 8.53. The Hall–Kier alpha value is -1.93. The van der Waals surface area contributed by atoms with Gasteiger partial charge in [-0.05, 0) is 31.2 Å². The highest BCUT2D eigenvalue weighted by molar-refractivity contribution is 7.93. The summed E-state index contributed by atoms with van der Waals surface area (Å²) in [7, 11) is -3.36. The Bertz CT molecular complexity index is 872. The van der Waals surface area contributed by atoms with Crippen LogP contribution in [0.1, 0.15) is 31.2 Å². The van der Waals surface area contributed by atoms with Crippen LogP contribution in [0, 0.1) is 5.92 Å². The van der Waals surface area contributed by atoms with E-state index in [4.69, 9.17) is 4.74 Å². The molecule has 8 heteroatoms. The number of aryl methyl sites for hydroxylation is 1. The lowest BCUT2D eigenvalue weighted by atomic mass is 9.81. The number of amides is 2. The number of ether oxygens (including phenoxy) is 1. The molecule has 3 aliphatic rings. The molecule has 30 heavy (non-hydrogen) atoms. The van der Waals surface area contributed by atoms with E-state index in [0.29, 0.717) is 71.5 Å². The SMILES string of the molecule is O=C(CCc1ccccc1)N1CCC2(CC1)C(C(=O)N1CCOCC1)CCS2(=O)=O. The van der Waals surface area contributed by atoms with E-state index in [1.54, 1.807) is 9.80 Å². The first-order valence-corrected chi connectivity index (χ1v) is 12.5. The Morgan fingerprint density at radius 2 is 1.67 bits per heavy atom. The summed E-state index contributed by atoms with van der Waals surface area (Å²) in [6, 6.07) is 9.88. The van der Waals surface area contributed by atoms with Gasteiger partial charge in [-0.2, -0.15) is 0 Å². The fraction of sp³-hybridized carbons (Fsp3) is 0.636. The molecule has 1 aromatic rings. The van der Waals surface area contributed by atoms with Gasteiger partial charge in [-0.1, -0.05) is 30.3 Å². The maximum absolute atomic E-state index is 13.2. The molecule has 0 saturated carbocycles. The number of likely N-dealkylation sites (tertiary alicyclic amines) is 1. The highest BCUT2D eigenvalue weighted by Crippen LogP contribution is 2.46. The summed E-state index contributed by atoms with van der Waals surface area (Å²) in [6.07, 6.45) is 2.19. The summed E-state index contributed by atoms with van der Waals surface area (Å²) in [4.78, 5) is 29.4. The van der Waals surface area contributed by atoms with Crippen LogP contribution in [0.25, 0.3) is 0 Å². The second kappa shape index (κ2) is 8.67. The van der Waals surface area contributed by atoms with Crippen LogP contribution in [0.2, 0.25) is 0 Å². The van der Waals surface area contributed by atoms with E-state index in [2.05, 4.69) is 0 Å². The van der Waals surface area contributed by atoms with Gasteiger partial charge in [-0.15, -0.1) is 0 Å². The van der Waals surface area contributed by atoms with Crippen molar-refractivity contribution in [1.29, 1.82) is 0 Å². The number of nitrogens with zero attached hydrogens (tertiary/aromatic N) is 2. The molecule has 3 saturated heterocycles. The molecule has 1 atom stereocenters. The van der Waals surface area contributed by atoms with Gasteiger partial charge < -0.3 is 14.5 Å². The van der Waals surface area contributed by atoms with Crippen LogP contribution in [0.15, 0.2) is 30.3 Å². The molecule has 1 spiro atoms. The van der Waals surface area contributed by atoms with Gasteiger partial charge in [0, 0.05) is 32.6 Å². The fourth-order valence-corrected chi connectivity index (χ4v) is 7.57. The molecule has 7 nitrogen and oxygen atoms in total. The number of hydrogen-bond donors (Lipinski definition) is 0. The third-order valence-corrected chi connectivity index (χ3v) is 9.69. The van der Waals surface area contributed by atoms with E-state index < -0.39 is 20.5 Å². The minimum atomic E-state index is -3.36. The topological polar surface area (TPSA) is 84.0 Å². The van der Waals surface area contributed by atoms with Gasteiger partial charge >= 0.3 is 0 Å². The number of carbonyl (C=O) groups excluding carboxylic acids is 2. The van der Waals surface area contributed by atoms with E-state index in [1.807, 2.05) is 30.3 Å². The smallest absolute Gasteiger partial charge is 0.227 e. The molecule has 164 valence electrons. The van der Waals surface area contributed by atoms with Gasteiger partial charge in [0.25, 0.3) is 0 Å². The number of piperidine rings is 1. The summed E-state index contributed by atoms with van der Waals surface area (Å²) >= 11 is 0. The summed E-state index contributed by atoms with van der Waals surface area (Å²) in [5, 5.41) is 0. The Balaban J connectivity index is 1.41. The van der Waals surface area contributed by atoms with Crippen molar-refractivity contribution < 1.29 is 22.7 Å². The van der Waals surface area contributed by atoms with E-state index in [0.717, 1.165) is 5.56 Å². The molecule has 0 radical (unpaired) electrons. The number of rotatable bonds is 4. The normalized spacial score (nSPS) is 25.4. The maximum atomic E-state index is 13.2. The lowest BCUT2D eigenvalue weighted by Gasteiger charge is -2.43. The molecule has 0 aliphatic carbocycles. The second-order valence-corrected chi connectivity index (χ2v) is 11.0. The van der Waals surface area contributed by atoms with Gasteiger partial charge in [-0.3, -0.25) is 9.59 Å². The van der Waals surface area contributed by atoms with Crippen molar-refractivity contribution >= 4 is 21.7 Å². The Kier molecular flexibility index (Phi) is 6.16. The van der Waals surface area contributed by atoms with Crippen LogP contribution in [0.3, 0.4) is 0 Å². The number of benzene rings is 1. The van der Waals surface area contributed by atoms with Crippen LogP contribution < -0.4 is 0 Å². The third kappa shape index (κ3) is 3.99. The highest BCUT2D eigenvalue weighted by Gasteiger charge is 2.59. The van der Waals surface area contributed by atoms with E-state index in [-0.39, 0.29) is 17.6 Å². The van der Waals surface area contributed by atoms with Crippen molar-refractivity contribution in [2.45, 2.75) is 36.9 Å². The van der Waals surface area contributed by atoms with Crippen LogP contribution in [0.5, 0.6) is 0 Å². The molecular formula is C22H30N2O5S. The van der Waals surface area contributed by atoms with E-state index in [1.165, 1.54) is 0 Å². The first-order valence-electron chi connectivity index (χ1n) is 10.8. The zero-order valence-corrected chi connectivity index (χ0v) is 18.1. The summed E-state index contributed by atoms with van der Waals surface area (Å²) in [5.74, 6) is -0.430. The monoisotopic (exact) mass is 434 g/mol. The molecule has 3 heterocycles. The third-order valence-electron chi connectivity index (χ3n) is 6.98. The molecule has 1 unspecified atom stereocenters. The average molecular weight is 435 g/mol. The molecule has 0 aromatic heterocycles. The minimum absolute atomic E-state index is 0.0526. The molecule has 1 aromatic carbocycles. The Morgan fingerprint density at radius 3 is 2.33 bits per heavy atom. The lowest BCUT2D eigenvalue weighted by molar-refractivity contribution is -0.141. The van der Waals surface area contributed by atoms with Crippen LogP contribution in [0.4, 0.5) is 0 Å². The van der Waals surface area contributed by atoms with Gasteiger partial charge in [0.05, 0.1) is 29.6 Å². The van der Waals surface area contributed by atoms with Crippen molar-refractivity contribution in [2.24, 2.45) is 5.92 Å². The van der Waals surface area contributed by atoms with Crippen LogP contribution in [-0.4, -0.2) is 79.9 Å². The van der Waals surface area contributed by atoms with Gasteiger partial charge in [0.1, 0.15) is 0 Å². The average Bonchev–Trinajstić information content (AvgIpc) is 3.03. The first kappa shape index (κ1) is 21.3. The minimum Gasteiger partial charge on any atom is -0.378 e. The van der Waals surface area contributed by atoms with Crippen molar-refractivity contribution in [3.63, 3.8) is 0 Å². The van der Waals surface area contributed by atoms with E-state index >= 15 is 0 Å². The molecule has 3 aliphatic heterocycles. The van der Waals surface area contributed by atoms with Crippen molar-refractivity contribution in [2.75, 3.05) is 45.1 Å². The first-order chi connectivity index (χ1) is 14.4. The van der Waals surface area contributed by atoms with Crippen LogP contribution >= 0.6 is 0 Å². The molecule has 2 amide bonds.